The zero-order chi connectivity index (χ0) is 14.9. The maximum Gasteiger partial charge on any atom is 0.262 e. The van der Waals surface area contributed by atoms with Crippen molar-refractivity contribution < 1.29 is 13.6 Å². The van der Waals surface area contributed by atoms with Crippen molar-refractivity contribution in [2.45, 2.75) is 18.4 Å². The smallest absolute Gasteiger partial charge is 0.262 e. The fraction of sp³-hybridized carbons (Fsp3) is 0.308. The number of halogens is 3. The van der Waals surface area contributed by atoms with Gasteiger partial charge in [0.15, 0.2) is 5.82 Å². The number of benzene rings is 1. The molecule has 0 spiro atoms. The molecule has 1 saturated heterocycles. The first-order valence-corrected chi connectivity index (χ1v) is 6.41. The first-order valence-electron chi connectivity index (χ1n) is 6.41. The lowest BCUT2D eigenvalue weighted by Gasteiger charge is -2.11. The van der Waals surface area contributed by atoms with Crippen molar-refractivity contribution in [3.8, 4) is 11.4 Å². The van der Waals surface area contributed by atoms with E-state index in [1.54, 1.807) is 24.3 Å². The van der Waals surface area contributed by atoms with Crippen LogP contribution in [0.25, 0.3) is 11.4 Å². The summed E-state index contributed by atoms with van der Waals surface area (Å²) in [7, 11) is 0. The number of carbonyl (C=O) groups is 1. The number of rotatable bonds is 3. The number of nitrogens with one attached hydrogen (secondary N) is 3. The van der Waals surface area contributed by atoms with Gasteiger partial charge in [0.05, 0.1) is 12.6 Å². The van der Waals surface area contributed by atoms with Crippen molar-refractivity contribution in [3.63, 3.8) is 0 Å². The molecule has 0 saturated carbocycles. The third-order valence-electron chi connectivity index (χ3n) is 3.27. The highest BCUT2D eigenvalue weighted by molar-refractivity contribution is 5.95. The molecule has 1 atom stereocenters. The summed E-state index contributed by atoms with van der Waals surface area (Å²) in [6.07, 6.45) is 0.923. The molecule has 1 aromatic heterocycles. The van der Waals surface area contributed by atoms with Crippen LogP contribution < -0.4 is 10.6 Å². The fourth-order valence-electron chi connectivity index (χ4n) is 2.19. The van der Waals surface area contributed by atoms with Crippen LogP contribution in [-0.2, 0) is 4.79 Å². The molecule has 1 amide bonds. The maximum atomic E-state index is 13.0. The van der Waals surface area contributed by atoms with E-state index in [0.29, 0.717) is 11.5 Å². The normalized spacial score (nSPS) is 19.5. The molecule has 0 bridgehead atoms. The summed E-state index contributed by atoms with van der Waals surface area (Å²) in [5.41, 5.74) is 1.36. The largest absolute Gasteiger partial charge is 0.325 e. The van der Waals surface area contributed by atoms with Crippen LogP contribution in [-0.4, -0.2) is 39.6 Å². The molecule has 1 aliphatic heterocycles. The zero-order valence-corrected chi connectivity index (χ0v) is 12.2. The van der Waals surface area contributed by atoms with Crippen LogP contribution in [0.4, 0.5) is 14.5 Å². The highest BCUT2D eigenvalue weighted by Gasteiger charge is 2.42. The lowest BCUT2D eigenvalue weighted by Crippen LogP contribution is -2.35. The molecule has 2 heterocycles. The van der Waals surface area contributed by atoms with E-state index in [1.807, 2.05) is 0 Å². The number of hydrogen-bond donors (Lipinski definition) is 3. The third kappa shape index (κ3) is 3.58. The average molecular weight is 330 g/mol. The molecule has 118 valence electrons. The molecule has 1 aliphatic rings. The number of amides is 1. The molecule has 0 aliphatic carbocycles. The van der Waals surface area contributed by atoms with Gasteiger partial charge in [0.25, 0.3) is 5.92 Å². The van der Waals surface area contributed by atoms with Gasteiger partial charge in [-0.1, -0.05) is 0 Å². The van der Waals surface area contributed by atoms with Gasteiger partial charge in [0.2, 0.25) is 5.91 Å². The third-order valence-corrected chi connectivity index (χ3v) is 3.27. The Morgan fingerprint density at radius 3 is 2.59 bits per heavy atom. The van der Waals surface area contributed by atoms with E-state index >= 15 is 0 Å². The molecule has 1 aromatic carbocycles. The van der Waals surface area contributed by atoms with Gasteiger partial charge in [0.1, 0.15) is 6.33 Å². The Morgan fingerprint density at radius 2 is 2.05 bits per heavy atom. The minimum absolute atomic E-state index is 0. The molecular weight excluding hydrogens is 316 g/mol. The fourth-order valence-corrected chi connectivity index (χ4v) is 2.19. The van der Waals surface area contributed by atoms with Gasteiger partial charge >= 0.3 is 0 Å². The molecule has 1 fully saturated rings. The first kappa shape index (κ1) is 16.3. The van der Waals surface area contributed by atoms with Gasteiger partial charge < -0.3 is 5.32 Å². The molecular formula is C13H14ClF2N5O. The second kappa shape index (κ2) is 6.37. The number of hydrogen-bond acceptors (Lipinski definition) is 4. The van der Waals surface area contributed by atoms with Gasteiger partial charge in [-0.3, -0.25) is 15.2 Å². The van der Waals surface area contributed by atoms with E-state index in [4.69, 9.17) is 0 Å². The van der Waals surface area contributed by atoms with Crippen molar-refractivity contribution in [2.24, 2.45) is 0 Å². The SMILES string of the molecule is Cl.O=C(Nc1ccc(-c2ncn[nH]2)cc1)C1CC(F)(F)CN1. The quantitative estimate of drug-likeness (QED) is 0.802. The summed E-state index contributed by atoms with van der Waals surface area (Å²) in [6.45, 7) is -0.463. The van der Waals surface area contributed by atoms with Crippen molar-refractivity contribution in [1.82, 2.24) is 20.5 Å². The first-order chi connectivity index (χ1) is 10.0. The topological polar surface area (TPSA) is 82.7 Å². The standard InChI is InChI=1S/C13H13F2N5O.ClH/c14-13(15)5-10(16-6-13)12(21)19-9-3-1-8(2-4-9)11-17-7-18-20-11;/h1-4,7,10,16H,5-6H2,(H,19,21)(H,17,18,20);1H. The van der Waals surface area contributed by atoms with E-state index in [9.17, 15) is 13.6 Å². The Bertz CT molecular complexity index is 632. The lowest BCUT2D eigenvalue weighted by atomic mass is 10.1. The predicted molar refractivity (Wildman–Crippen MR) is 79.1 cm³/mol. The van der Waals surface area contributed by atoms with Crippen molar-refractivity contribution >= 4 is 24.0 Å². The van der Waals surface area contributed by atoms with E-state index < -0.39 is 30.8 Å². The van der Waals surface area contributed by atoms with Crippen LogP contribution in [0.1, 0.15) is 6.42 Å². The molecule has 2 aromatic rings. The van der Waals surface area contributed by atoms with Crippen molar-refractivity contribution in [1.29, 1.82) is 0 Å². The molecule has 1 unspecified atom stereocenters. The minimum Gasteiger partial charge on any atom is -0.325 e. The van der Waals surface area contributed by atoms with Crippen LogP contribution in [0.2, 0.25) is 0 Å². The zero-order valence-electron chi connectivity index (χ0n) is 11.3. The predicted octanol–water partition coefficient (Wildman–Crippen LogP) is 1.83. The summed E-state index contributed by atoms with van der Waals surface area (Å²) >= 11 is 0. The number of carbonyl (C=O) groups excluding carboxylic acids is 1. The second-order valence-corrected chi connectivity index (χ2v) is 4.89. The van der Waals surface area contributed by atoms with Gasteiger partial charge in [0, 0.05) is 17.7 Å². The molecule has 3 N–H and O–H groups in total. The maximum absolute atomic E-state index is 13.0. The minimum atomic E-state index is -2.82. The Balaban J connectivity index is 0.00000176. The number of aromatic amines is 1. The van der Waals surface area contributed by atoms with Crippen LogP contribution >= 0.6 is 12.4 Å². The van der Waals surface area contributed by atoms with E-state index in [2.05, 4.69) is 25.8 Å². The molecule has 6 nitrogen and oxygen atoms in total. The number of anilines is 1. The van der Waals surface area contributed by atoms with Crippen LogP contribution in [0.3, 0.4) is 0 Å². The molecule has 9 heteroatoms. The van der Waals surface area contributed by atoms with Crippen LogP contribution in [0.5, 0.6) is 0 Å². The highest BCUT2D eigenvalue weighted by atomic mass is 35.5. The van der Waals surface area contributed by atoms with Crippen molar-refractivity contribution in [3.05, 3.63) is 30.6 Å². The van der Waals surface area contributed by atoms with E-state index in [-0.39, 0.29) is 12.4 Å². The molecule has 22 heavy (non-hydrogen) atoms. The Labute approximate surface area is 131 Å². The van der Waals surface area contributed by atoms with Crippen LogP contribution in [0.15, 0.2) is 30.6 Å². The van der Waals surface area contributed by atoms with Crippen LogP contribution in [0, 0.1) is 0 Å². The van der Waals surface area contributed by atoms with Gasteiger partial charge in [-0.05, 0) is 24.3 Å². The van der Waals surface area contributed by atoms with E-state index in [0.717, 1.165) is 5.56 Å². The lowest BCUT2D eigenvalue weighted by molar-refractivity contribution is -0.118. The summed E-state index contributed by atoms with van der Waals surface area (Å²) in [6, 6.07) is 6.01. The number of alkyl halides is 2. The second-order valence-electron chi connectivity index (χ2n) is 4.89. The summed E-state index contributed by atoms with van der Waals surface area (Å²) in [4.78, 5) is 15.9. The summed E-state index contributed by atoms with van der Waals surface area (Å²) in [5.74, 6) is -2.66. The number of nitrogens with zero attached hydrogens (tertiary/aromatic N) is 2. The summed E-state index contributed by atoms with van der Waals surface area (Å²) < 4.78 is 26.1. The monoisotopic (exact) mass is 329 g/mol. The van der Waals surface area contributed by atoms with E-state index in [1.165, 1.54) is 6.33 Å². The Hall–Kier alpha value is -2.06. The van der Waals surface area contributed by atoms with Crippen molar-refractivity contribution in [2.75, 3.05) is 11.9 Å². The van der Waals surface area contributed by atoms with Gasteiger partial charge in [-0.15, -0.1) is 12.4 Å². The highest BCUT2D eigenvalue weighted by Crippen LogP contribution is 2.26. The average Bonchev–Trinajstić information content (AvgIpc) is 3.09. The number of H-pyrrole nitrogens is 1. The number of aromatic nitrogens is 3. The Morgan fingerprint density at radius 1 is 1.32 bits per heavy atom. The van der Waals surface area contributed by atoms with Gasteiger partial charge in [-0.25, -0.2) is 13.8 Å². The molecule has 3 rings (SSSR count). The Kier molecular flexibility index (Phi) is 4.72. The summed E-state index contributed by atoms with van der Waals surface area (Å²) in [5, 5.41) is 11.6. The molecule has 0 radical (unpaired) electrons. The van der Waals surface area contributed by atoms with Gasteiger partial charge in [-0.2, -0.15) is 5.10 Å².